The van der Waals surface area contributed by atoms with Gasteiger partial charge in [0.2, 0.25) is 0 Å². The lowest BCUT2D eigenvalue weighted by molar-refractivity contribution is -0.119. The third-order valence-corrected chi connectivity index (χ3v) is 6.56. The number of hydrogen-bond donors (Lipinski definition) is 2. The van der Waals surface area contributed by atoms with E-state index in [1.54, 1.807) is 36.5 Å². The highest BCUT2D eigenvalue weighted by molar-refractivity contribution is 7.17. The second-order valence-corrected chi connectivity index (χ2v) is 8.60. The molecular weight excluding hydrogens is 442 g/mol. The van der Waals surface area contributed by atoms with Crippen LogP contribution in [0.1, 0.15) is 37.8 Å². The van der Waals surface area contributed by atoms with Crippen LogP contribution in [0.2, 0.25) is 0 Å². The molecule has 5 rings (SSSR count). The number of aromatic nitrogens is 1. The number of anilines is 2. The Bertz CT molecular complexity index is 1350. The summed E-state index contributed by atoms with van der Waals surface area (Å²) >= 11 is 1.36. The zero-order valence-corrected chi connectivity index (χ0v) is 18.2. The smallest absolute Gasteiger partial charge is 0.341 e. The number of carbonyl (C=O) groups is 3. The van der Waals surface area contributed by atoms with E-state index in [1.807, 2.05) is 12.1 Å². The Morgan fingerprint density at radius 2 is 1.97 bits per heavy atom. The van der Waals surface area contributed by atoms with Gasteiger partial charge in [0.25, 0.3) is 11.8 Å². The minimum absolute atomic E-state index is 0.145. The largest absolute Gasteiger partial charge is 0.459 e. The highest BCUT2D eigenvalue weighted by atomic mass is 32.1. The molecule has 0 fully saturated rings. The maximum atomic E-state index is 12.9. The second-order valence-electron chi connectivity index (χ2n) is 7.49. The third kappa shape index (κ3) is 4.22. The molecule has 2 N–H and O–H groups in total. The van der Waals surface area contributed by atoms with E-state index in [-0.39, 0.29) is 5.76 Å². The predicted molar refractivity (Wildman–Crippen MR) is 124 cm³/mol. The Hall–Kier alpha value is -3.98. The third-order valence-electron chi connectivity index (χ3n) is 5.35. The molecule has 0 unspecified atom stereocenters. The van der Waals surface area contributed by atoms with Crippen molar-refractivity contribution in [3.63, 3.8) is 0 Å². The molecule has 4 aromatic rings. The summed E-state index contributed by atoms with van der Waals surface area (Å²) in [5.41, 5.74) is 2.53. The van der Waals surface area contributed by atoms with E-state index in [0.29, 0.717) is 16.3 Å². The van der Waals surface area contributed by atoms with Crippen molar-refractivity contribution in [1.29, 1.82) is 0 Å². The molecule has 0 spiro atoms. The first-order chi connectivity index (χ1) is 16.1. The second kappa shape index (κ2) is 8.87. The molecule has 3 aromatic heterocycles. The van der Waals surface area contributed by atoms with E-state index in [0.717, 1.165) is 40.6 Å². The van der Waals surface area contributed by atoms with Crippen molar-refractivity contribution in [2.45, 2.75) is 19.3 Å². The summed E-state index contributed by atoms with van der Waals surface area (Å²) in [4.78, 5) is 43.2. The fourth-order valence-corrected chi connectivity index (χ4v) is 5.16. The van der Waals surface area contributed by atoms with Gasteiger partial charge >= 0.3 is 5.97 Å². The SMILES string of the molecule is O=C(COC(=O)c1c(NC(=O)c2ccco2)sc2c1CCC2)Nc1cccc2ncccc12. The Balaban J connectivity index is 1.29. The van der Waals surface area contributed by atoms with Crippen LogP contribution in [0.3, 0.4) is 0 Å². The van der Waals surface area contributed by atoms with Gasteiger partial charge in [0.1, 0.15) is 5.00 Å². The number of thiophene rings is 1. The molecule has 0 aliphatic heterocycles. The summed E-state index contributed by atoms with van der Waals surface area (Å²) in [7, 11) is 0. The van der Waals surface area contributed by atoms with Gasteiger partial charge in [-0.25, -0.2) is 4.79 Å². The van der Waals surface area contributed by atoms with Gasteiger partial charge in [-0.15, -0.1) is 11.3 Å². The molecule has 0 saturated heterocycles. The zero-order valence-electron chi connectivity index (χ0n) is 17.4. The number of nitrogens with one attached hydrogen (secondary N) is 2. The van der Waals surface area contributed by atoms with Crippen LogP contribution in [0, 0.1) is 0 Å². The fourth-order valence-electron chi connectivity index (χ4n) is 3.88. The number of fused-ring (bicyclic) bond motifs is 2. The summed E-state index contributed by atoms with van der Waals surface area (Å²) in [5, 5.41) is 6.71. The highest BCUT2D eigenvalue weighted by Crippen LogP contribution is 2.39. The van der Waals surface area contributed by atoms with Crippen LogP contribution in [0.15, 0.2) is 59.3 Å². The van der Waals surface area contributed by atoms with E-state index < -0.39 is 24.4 Å². The number of benzene rings is 1. The number of aryl methyl sites for hydroxylation is 1. The van der Waals surface area contributed by atoms with Crippen molar-refractivity contribution in [3.05, 3.63) is 76.7 Å². The van der Waals surface area contributed by atoms with E-state index >= 15 is 0 Å². The minimum Gasteiger partial charge on any atom is -0.459 e. The standard InChI is InChI=1S/C24H19N3O5S/c28-20(26-17-8-2-7-16-14(17)6-3-11-25-16)13-32-24(30)21-15-5-1-10-19(15)33-23(21)27-22(29)18-9-4-12-31-18/h2-4,6-9,11-12H,1,5,10,13H2,(H,26,28)(H,27,29). The number of ether oxygens (including phenoxy) is 1. The molecule has 1 aromatic carbocycles. The molecule has 9 heteroatoms. The maximum absolute atomic E-state index is 12.9. The molecule has 1 aliphatic carbocycles. The average Bonchev–Trinajstić information content (AvgIpc) is 3.56. The first kappa shape index (κ1) is 20.9. The minimum atomic E-state index is -0.640. The Kier molecular flexibility index (Phi) is 5.62. The lowest BCUT2D eigenvalue weighted by Crippen LogP contribution is -2.22. The summed E-state index contributed by atoms with van der Waals surface area (Å²) in [6, 6.07) is 12.2. The van der Waals surface area contributed by atoms with Crippen molar-refractivity contribution in [1.82, 2.24) is 4.98 Å². The first-order valence-corrected chi connectivity index (χ1v) is 11.2. The van der Waals surface area contributed by atoms with Crippen LogP contribution in [0.25, 0.3) is 10.9 Å². The average molecular weight is 461 g/mol. The van der Waals surface area contributed by atoms with Gasteiger partial charge in [0.15, 0.2) is 12.4 Å². The molecule has 0 radical (unpaired) electrons. The van der Waals surface area contributed by atoms with Crippen molar-refractivity contribution in [2.24, 2.45) is 0 Å². The number of rotatable bonds is 6. The Morgan fingerprint density at radius 1 is 1.06 bits per heavy atom. The summed E-state index contributed by atoms with van der Waals surface area (Å²) in [5.74, 6) is -1.41. The van der Waals surface area contributed by atoms with Crippen LogP contribution in [-0.4, -0.2) is 29.4 Å². The van der Waals surface area contributed by atoms with Crippen molar-refractivity contribution in [2.75, 3.05) is 17.2 Å². The molecule has 3 heterocycles. The van der Waals surface area contributed by atoms with Crippen LogP contribution in [-0.2, 0) is 22.4 Å². The summed E-state index contributed by atoms with van der Waals surface area (Å²) in [6.07, 6.45) is 5.58. The van der Waals surface area contributed by atoms with Gasteiger partial charge in [-0.3, -0.25) is 14.6 Å². The van der Waals surface area contributed by atoms with Gasteiger partial charge in [-0.2, -0.15) is 0 Å². The van der Waals surface area contributed by atoms with E-state index in [4.69, 9.17) is 9.15 Å². The lowest BCUT2D eigenvalue weighted by atomic mass is 10.1. The molecule has 2 amide bonds. The number of pyridine rings is 1. The number of esters is 1. The topological polar surface area (TPSA) is 111 Å². The molecule has 33 heavy (non-hydrogen) atoms. The van der Waals surface area contributed by atoms with E-state index in [1.165, 1.54) is 17.6 Å². The molecule has 0 saturated carbocycles. The monoisotopic (exact) mass is 461 g/mol. The quantitative estimate of drug-likeness (QED) is 0.411. The first-order valence-electron chi connectivity index (χ1n) is 10.4. The van der Waals surface area contributed by atoms with E-state index in [9.17, 15) is 14.4 Å². The fraction of sp³-hybridized carbons (Fsp3) is 0.167. The van der Waals surface area contributed by atoms with Crippen molar-refractivity contribution >= 4 is 50.7 Å². The van der Waals surface area contributed by atoms with Crippen LogP contribution in [0.4, 0.5) is 10.7 Å². The number of hydrogen-bond acceptors (Lipinski definition) is 7. The highest BCUT2D eigenvalue weighted by Gasteiger charge is 2.29. The van der Waals surface area contributed by atoms with Crippen LogP contribution in [0.5, 0.6) is 0 Å². The number of furan rings is 1. The van der Waals surface area contributed by atoms with Gasteiger partial charge in [-0.05, 0) is 61.2 Å². The van der Waals surface area contributed by atoms with Gasteiger partial charge < -0.3 is 19.8 Å². The van der Waals surface area contributed by atoms with Crippen LogP contribution < -0.4 is 10.6 Å². The normalized spacial score (nSPS) is 12.4. The molecule has 0 atom stereocenters. The number of carbonyl (C=O) groups excluding carboxylic acids is 3. The van der Waals surface area contributed by atoms with Crippen molar-refractivity contribution < 1.29 is 23.5 Å². The van der Waals surface area contributed by atoms with Gasteiger partial charge in [0, 0.05) is 16.5 Å². The molecule has 0 bridgehead atoms. The summed E-state index contributed by atoms with van der Waals surface area (Å²) < 4.78 is 10.5. The lowest BCUT2D eigenvalue weighted by Gasteiger charge is -2.10. The molecule has 1 aliphatic rings. The Morgan fingerprint density at radius 3 is 2.82 bits per heavy atom. The molecular formula is C24H19N3O5S. The van der Waals surface area contributed by atoms with Gasteiger partial charge in [-0.1, -0.05) is 6.07 Å². The molecule has 166 valence electrons. The zero-order chi connectivity index (χ0) is 22.8. The predicted octanol–water partition coefficient (Wildman–Crippen LogP) is 4.43. The molecule has 8 nitrogen and oxygen atoms in total. The number of amides is 2. The number of nitrogens with zero attached hydrogens (tertiary/aromatic N) is 1. The Labute approximate surface area is 192 Å². The maximum Gasteiger partial charge on any atom is 0.341 e. The van der Waals surface area contributed by atoms with E-state index in [2.05, 4.69) is 15.6 Å². The van der Waals surface area contributed by atoms with Crippen molar-refractivity contribution in [3.8, 4) is 0 Å². The van der Waals surface area contributed by atoms with Gasteiger partial charge in [0.05, 0.1) is 23.0 Å². The van der Waals surface area contributed by atoms with Crippen LogP contribution >= 0.6 is 11.3 Å². The summed E-state index contributed by atoms with van der Waals surface area (Å²) in [6.45, 7) is -0.453.